The van der Waals surface area contributed by atoms with E-state index in [1.165, 1.54) is 16.0 Å². The van der Waals surface area contributed by atoms with Gasteiger partial charge in [-0.05, 0) is 31.2 Å². The zero-order chi connectivity index (χ0) is 17.3. The summed E-state index contributed by atoms with van der Waals surface area (Å²) in [5.41, 5.74) is 6.05. The van der Waals surface area contributed by atoms with Crippen LogP contribution in [-0.2, 0) is 4.74 Å². The predicted octanol–water partition coefficient (Wildman–Crippen LogP) is 3.25. The van der Waals surface area contributed by atoms with Gasteiger partial charge in [0.15, 0.2) is 5.82 Å². The maximum Gasteiger partial charge on any atom is 0.412 e. The molecule has 0 spiro atoms. The van der Waals surface area contributed by atoms with Crippen LogP contribution in [0.5, 0.6) is 0 Å². The summed E-state index contributed by atoms with van der Waals surface area (Å²) in [5.74, 6) is 0.200. The number of benzene rings is 1. The molecule has 3 aromatic rings. The maximum atomic E-state index is 12.7. The first-order valence-corrected chi connectivity index (χ1v) is 8.26. The van der Waals surface area contributed by atoms with Crippen LogP contribution in [0.25, 0.3) is 16.5 Å². The average Bonchev–Trinajstić information content (AvgIpc) is 2.94. The molecule has 1 amide bonds. The van der Waals surface area contributed by atoms with E-state index in [9.17, 15) is 9.59 Å². The number of nitrogens with two attached hydrogens (primary N) is 1. The van der Waals surface area contributed by atoms with E-state index < -0.39 is 6.09 Å². The summed E-state index contributed by atoms with van der Waals surface area (Å²) >= 11 is 7.08. The summed E-state index contributed by atoms with van der Waals surface area (Å²) in [7, 11) is 0. The quantitative estimate of drug-likeness (QED) is 0.743. The standard InChI is InChI=1S/C15H13ClN4O3S/c1-2-23-15(22)18-13-10-7-24-12(17)11(10)14(21)20(19-13)9-5-3-8(16)4-6-9/h3-7H,2,17H2,1H3,(H,18,19,22). The van der Waals surface area contributed by atoms with Gasteiger partial charge in [-0.15, -0.1) is 16.4 Å². The highest BCUT2D eigenvalue weighted by Crippen LogP contribution is 2.30. The third kappa shape index (κ3) is 2.93. The molecule has 9 heteroatoms. The molecule has 0 radical (unpaired) electrons. The van der Waals surface area contributed by atoms with Crippen molar-refractivity contribution < 1.29 is 9.53 Å². The van der Waals surface area contributed by atoms with Gasteiger partial charge in [0.05, 0.1) is 22.7 Å². The molecule has 0 aliphatic heterocycles. The number of aromatic nitrogens is 2. The summed E-state index contributed by atoms with van der Waals surface area (Å²) in [4.78, 5) is 24.4. The van der Waals surface area contributed by atoms with Crippen molar-refractivity contribution >= 4 is 50.6 Å². The van der Waals surface area contributed by atoms with Gasteiger partial charge in [-0.1, -0.05) is 11.6 Å². The highest BCUT2D eigenvalue weighted by molar-refractivity contribution is 7.15. The van der Waals surface area contributed by atoms with Crippen molar-refractivity contribution in [3.63, 3.8) is 0 Å². The molecular weight excluding hydrogens is 352 g/mol. The van der Waals surface area contributed by atoms with Gasteiger partial charge in [0.1, 0.15) is 0 Å². The van der Waals surface area contributed by atoms with Crippen molar-refractivity contribution in [2.45, 2.75) is 6.92 Å². The number of halogens is 1. The largest absolute Gasteiger partial charge is 0.450 e. The van der Waals surface area contributed by atoms with Crippen LogP contribution in [0.15, 0.2) is 34.4 Å². The van der Waals surface area contributed by atoms with Crippen molar-refractivity contribution in [1.82, 2.24) is 9.78 Å². The third-order valence-corrected chi connectivity index (χ3v) is 4.31. The second-order valence-electron chi connectivity index (χ2n) is 4.78. The number of nitrogens with one attached hydrogen (secondary N) is 1. The Bertz CT molecular complexity index is 965. The first kappa shape index (κ1) is 16.3. The number of hydrogen-bond donors (Lipinski definition) is 2. The SMILES string of the molecule is CCOC(=O)Nc1nn(-c2ccc(Cl)cc2)c(=O)c2c(N)scc12. The number of carbonyl (C=O) groups excluding carboxylic acids is 1. The van der Waals surface area contributed by atoms with E-state index in [-0.39, 0.29) is 18.0 Å². The van der Waals surface area contributed by atoms with Gasteiger partial charge in [-0.25, -0.2) is 4.79 Å². The molecule has 1 aromatic carbocycles. The molecule has 0 fully saturated rings. The Hall–Kier alpha value is -2.58. The van der Waals surface area contributed by atoms with Crippen LogP contribution in [-0.4, -0.2) is 22.5 Å². The number of amides is 1. The third-order valence-electron chi connectivity index (χ3n) is 3.25. The van der Waals surface area contributed by atoms with Gasteiger partial charge in [0, 0.05) is 15.8 Å². The molecule has 0 atom stereocenters. The van der Waals surface area contributed by atoms with E-state index in [4.69, 9.17) is 22.1 Å². The van der Waals surface area contributed by atoms with Crippen molar-refractivity contribution in [3.8, 4) is 5.69 Å². The first-order valence-electron chi connectivity index (χ1n) is 7.01. The van der Waals surface area contributed by atoms with Crippen molar-refractivity contribution in [1.29, 1.82) is 0 Å². The van der Waals surface area contributed by atoms with E-state index in [2.05, 4.69) is 10.4 Å². The number of nitrogen functional groups attached to an aromatic ring is 1. The van der Waals surface area contributed by atoms with Gasteiger partial charge in [0.2, 0.25) is 0 Å². The molecule has 3 rings (SSSR count). The molecule has 7 nitrogen and oxygen atoms in total. The van der Waals surface area contributed by atoms with Crippen molar-refractivity contribution in [2.75, 3.05) is 17.7 Å². The lowest BCUT2D eigenvalue weighted by Gasteiger charge is -2.10. The molecule has 0 aliphatic rings. The zero-order valence-electron chi connectivity index (χ0n) is 12.6. The number of ether oxygens (including phenoxy) is 1. The van der Waals surface area contributed by atoms with E-state index in [1.807, 2.05) is 0 Å². The van der Waals surface area contributed by atoms with Gasteiger partial charge >= 0.3 is 6.09 Å². The molecular formula is C15H13ClN4O3S. The van der Waals surface area contributed by atoms with E-state index in [0.717, 1.165) is 0 Å². The molecule has 0 aliphatic carbocycles. The summed E-state index contributed by atoms with van der Waals surface area (Å²) in [6, 6.07) is 6.59. The number of rotatable bonds is 3. The lowest BCUT2D eigenvalue weighted by Crippen LogP contribution is -2.24. The fraction of sp³-hybridized carbons (Fsp3) is 0.133. The number of carbonyl (C=O) groups is 1. The number of nitrogens with zero attached hydrogens (tertiary/aromatic N) is 2. The van der Waals surface area contributed by atoms with Gasteiger partial charge in [-0.2, -0.15) is 4.68 Å². The second-order valence-corrected chi connectivity index (χ2v) is 6.12. The van der Waals surface area contributed by atoms with E-state index in [1.54, 1.807) is 36.6 Å². The molecule has 0 unspecified atom stereocenters. The lowest BCUT2D eigenvalue weighted by molar-refractivity contribution is 0.168. The van der Waals surface area contributed by atoms with Crippen LogP contribution in [0, 0.1) is 0 Å². The van der Waals surface area contributed by atoms with Crippen molar-refractivity contribution in [3.05, 3.63) is 45.0 Å². The Balaban J connectivity index is 2.21. The van der Waals surface area contributed by atoms with Gasteiger partial charge < -0.3 is 10.5 Å². The minimum Gasteiger partial charge on any atom is -0.450 e. The first-order chi connectivity index (χ1) is 11.5. The van der Waals surface area contributed by atoms with Crippen LogP contribution >= 0.6 is 22.9 Å². The average molecular weight is 365 g/mol. The maximum absolute atomic E-state index is 12.7. The van der Waals surface area contributed by atoms with E-state index in [0.29, 0.717) is 26.5 Å². The normalized spacial score (nSPS) is 10.8. The summed E-state index contributed by atoms with van der Waals surface area (Å²) in [5, 5.41) is 10.1. The summed E-state index contributed by atoms with van der Waals surface area (Å²) < 4.78 is 6.04. The Morgan fingerprint density at radius 1 is 1.42 bits per heavy atom. The molecule has 24 heavy (non-hydrogen) atoms. The van der Waals surface area contributed by atoms with E-state index >= 15 is 0 Å². The Kier molecular flexibility index (Phi) is 4.41. The molecule has 2 heterocycles. The smallest absolute Gasteiger partial charge is 0.412 e. The fourth-order valence-electron chi connectivity index (χ4n) is 2.19. The Morgan fingerprint density at radius 3 is 2.79 bits per heavy atom. The van der Waals surface area contributed by atoms with Crippen LogP contribution in [0.4, 0.5) is 15.6 Å². The number of fused-ring (bicyclic) bond motifs is 1. The summed E-state index contributed by atoms with van der Waals surface area (Å²) in [6.45, 7) is 1.91. The Morgan fingerprint density at radius 2 is 2.12 bits per heavy atom. The van der Waals surface area contributed by atoms with Crippen molar-refractivity contribution in [2.24, 2.45) is 0 Å². The Labute approximate surface area is 145 Å². The second kappa shape index (κ2) is 6.50. The molecule has 0 saturated heterocycles. The highest BCUT2D eigenvalue weighted by atomic mass is 35.5. The van der Waals surface area contributed by atoms with Crippen LogP contribution in [0.3, 0.4) is 0 Å². The zero-order valence-corrected chi connectivity index (χ0v) is 14.1. The minimum absolute atomic E-state index is 0.200. The van der Waals surface area contributed by atoms with Crippen LogP contribution < -0.4 is 16.6 Å². The number of hydrogen-bond acceptors (Lipinski definition) is 6. The highest BCUT2D eigenvalue weighted by Gasteiger charge is 2.17. The topological polar surface area (TPSA) is 99.2 Å². The van der Waals surface area contributed by atoms with Gasteiger partial charge in [-0.3, -0.25) is 10.1 Å². The van der Waals surface area contributed by atoms with Crippen LogP contribution in [0.1, 0.15) is 6.92 Å². The molecule has 124 valence electrons. The molecule has 3 N–H and O–H groups in total. The molecule has 0 saturated carbocycles. The minimum atomic E-state index is -0.655. The number of thiophene rings is 1. The predicted molar refractivity (Wildman–Crippen MR) is 95.3 cm³/mol. The molecule has 2 aromatic heterocycles. The lowest BCUT2D eigenvalue weighted by atomic mass is 10.2. The fourth-order valence-corrected chi connectivity index (χ4v) is 3.10. The number of anilines is 2. The molecule has 0 bridgehead atoms. The monoisotopic (exact) mass is 364 g/mol. The van der Waals surface area contributed by atoms with Crippen LogP contribution in [0.2, 0.25) is 5.02 Å². The summed E-state index contributed by atoms with van der Waals surface area (Å²) in [6.07, 6.45) is -0.655. The van der Waals surface area contributed by atoms with Gasteiger partial charge in [0.25, 0.3) is 5.56 Å².